The molecule has 0 aliphatic rings. The Morgan fingerprint density at radius 2 is 1.25 bits per heavy atom. The van der Waals surface area contributed by atoms with Crippen LogP contribution in [0.25, 0.3) is 58.8 Å². The Bertz CT molecular complexity index is 2050. The van der Waals surface area contributed by atoms with E-state index in [2.05, 4.69) is 89.5 Å². The predicted octanol–water partition coefficient (Wildman–Crippen LogP) is 8.56. The molecule has 166 valence electrons. The van der Waals surface area contributed by atoms with Crippen LogP contribution < -0.4 is 0 Å². The molecule has 0 fully saturated rings. The lowest BCUT2D eigenvalue weighted by Gasteiger charge is -2.14. The first-order chi connectivity index (χ1) is 17.8. The summed E-state index contributed by atoms with van der Waals surface area (Å²) in [7, 11) is 0. The zero-order valence-electron chi connectivity index (χ0n) is 19.1. The lowest BCUT2D eigenvalue weighted by Crippen LogP contribution is -1.97. The summed E-state index contributed by atoms with van der Waals surface area (Å²) < 4.78 is 4.80. The van der Waals surface area contributed by atoms with E-state index in [0.29, 0.717) is 16.7 Å². The Hall–Kier alpha value is -4.90. The highest BCUT2D eigenvalue weighted by Crippen LogP contribution is 2.41. The van der Waals surface area contributed by atoms with Crippen LogP contribution in [0.15, 0.2) is 103 Å². The first kappa shape index (κ1) is 20.5. The van der Waals surface area contributed by atoms with Crippen LogP contribution in [0.1, 0.15) is 11.1 Å². The molecular formula is C32H17N3S. The molecule has 0 spiro atoms. The van der Waals surface area contributed by atoms with E-state index in [4.69, 9.17) is 0 Å². The number of thiophene rings is 1. The van der Waals surface area contributed by atoms with Crippen LogP contribution in [-0.4, -0.2) is 4.57 Å². The number of hydrogen-bond donors (Lipinski definition) is 0. The molecule has 7 aromatic rings. The Labute approximate surface area is 211 Å². The van der Waals surface area contributed by atoms with E-state index in [1.54, 1.807) is 29.5 Å². The molecule has 5 aromatic carbocycles. The molecule has 0 saturated heterocycles. The highest BCUT2D eigenvalue weighted by atomic mass is 32.1. The van der Waals surface area contributed by atoms with Gasteiger partial charge in [-0.05, 0) is 42.5 Å². The fraction of sp³-hybridized carbons (Fsp3) is 0. The summed E-state index contributed by atoms with van der Waals surface area (Å²) in [5.74, 6) is 0. The van der Waals surface area contributed by atoms with Crippen molar-refractivity contribution in [3.63, 3.8) is 0 Å². The normalized spacial score (nSPS) is 11.3. The Kier molecular flexibility index (Phi) is 4.45. The minimum Gasteiger partial charge on any atom is -0.309 e. The summed E-state index contributed by atoms with van der Waals surface area (Å²) in [5.41, 5.74) is 5.70. The standard InChI is InChI=1S/C32H17N3S/c33-18-20-7-5-8-21(19-34)31(20)26-12-6-11-25-23-9-1-3-13-28(23)35(32(25)26)22-15-16-30-27(17-22)24-10-2-4-14-29(24)36-30/h1-17H. The van der Waals surface area contributed by atoms with Crippen molar-refractivity contribution in [1.29, 1.82) is 10.5 Å². The molecule has 2 heterocycles. The number of rotatable bonds is 2. The summed E-state index contributed by atoms with van der Waals surface area (Å²) in [6, 6.07) is 39.6. The van der Waals surface area contributed by atoms with Gasteiger partial charge in [-0.2, -0.15) is 10.5 Å². The molecule has 7 rings (SSSR count). The van der Waals surface area contributed by atoms with E-state index in [1.807, 2.05) is 12.1 Å². The molecular weight excluding hydrogens is 458 g/mol. The van der Waals surface area contributed by atoms with Gasteiger partial charge < -0.3 is 4.57 Å². The van der Waals surface area contributed by atoms with Crippen LogP contribution in [0.5, 0.6) is 0 Å². The topological polar surface area (TPSA) is 52.5 Å². The largest absolute Gasteiger partial charge is 0.309 e. The van der Waals surface area contributed by atoms with Crippen molar-refractivity contribution in [2.45, 2.75) is 0 Å². The van der Waals surface area contributed by atoms with Crippen molar-refractivity contribution in [1.82, 2.24) is 4.57 Å². The van der Waals surface area contributed by atoms with Gasteiger partial charge in [0.1, 0.15) is 0 Å². The molecule has 4 heteroatoms. The van der Waals surface area contributed by atoms with Gasteiger partial charge in [0.2, 0.25) is 0 Å². The third kappa shape index (κ3) is 2.83. The summed E-state index contributed by atoms with van der Waals surface area (Å²) >= 11 is 1.80. The van der Waals surface area contributed by atoms with Crippen molar-refractivity contribution in [3.05, 3.63) is 114 Å². The van der Waals surface area contributed by atoms with Gasteiger partial charge in [0.15, 0.2) is 0 Å². The molecule has 0 unspecified atom stereocenters. The second-order valence-corrected chi connectivity index (χ2v) is 9.87. The smallest absolute Gasteiger partial charge is 0.0998 e. The number of benzene rings is 5. The van der Waals surface area contributed by atoms with Crippen LogP contribution in [0, 0.1) is 22.7 Å². The van der Waals surface area contributed by atoms with Crippen molar-refractivity contribution in [2.75, 3.05) is 0 Å². The highest BCUT2D eigenvalue weighted by Gasteiger charge is 2.20. The summed E-state index contributed by atoms with van der Waals surface area (Å²) in [6.07, 6.45) is 0. The summed E-state index contributed by atoms with van der Waals surface area (Å²) in [5, 5.41) is 24.6. The van der Waals surface area contributed by atoms with Gasteiger partial charge in [-0.25, -0.2) is 0 Å². The maximum Gasteiger partial charge on any atom is 0.0998 e. The van der Waals surface area contributed by atoms with E-state index >= 15 is 0 Å². The second kappa shape index (κ2) is 7.82. The number of fused-ring (bicyclic) bond motifs is 6. The summed E-state index contributed by atoms with van der Waals surface area (Å²) in [4.78, 5) is 0. The first-order valence-corrected chi connectivity index (χ1v) is 12.5. The minimum atomic E-state index is 0.498. The van der Waals surface area contributed by atoms with E-state index in [0.717, 1.165) is 33.1 Å². The Morgan fingerprint density at radius 3 is 2.06 bits per heavy atom. The average Bonchev–Trinajstić information content (AvgIpc) is 3.48. The van der Waals surface area contributed by atoms with E-state index in [-0.39, 0.29) is 0 Å². The van der Waals surface area contributed by atoms with E-state index in [9.17, 15) is 10.5 Å². The zero-order valence-corrected chi connectivity index (χ0v) is 19.9. The lowest BCUT2D eigenvalue weighted by molar-refractivity contribution is 1.19. The minimum absolute atomic E-state index is 0.498. The van der Waals surface area contributed by atoms with Crippen LogP contribution in [-0.2, 0) is 0 Å². The Balaban J connectivity index is 1.65. The third-order valence-corrected chi connectivity index (χ3v) is 8.04. The van der Waals surface area contributed by atoms with Gasteiger partial charge in [-0.15, -0.1) is 11.3 Å². The third-order valence-electron chi connectivity index (χ3n) is 6.89. The van der Waals surface area contributed by atoms with Crippen molar-refractivity contribution >= 4 is 53.3 Å². The molecule has 0 atom stereocenters. The predicted molar refractivity (Wildman–Crippen MR) is 149 cm³/mol. The van der Waals surface area contributed by atoms with Gasteiger partial charge in [-0.3, -0.25) is 0 Å². The Morgan fingerprint density at radius 1 is 0.583 bits per heavy atom. The van der Waals surface area contributed by atoms with Crippen molar-refractivity contribution < 1.29 is 0 Å². The van der Waals surface area contributed by atoms with Gasteiger partial charge in [0, 0.05) is 47.8 Å². The maximum absolute atomic E-state index is 9.93. The molecule has 0 amide bonds. The van der Waals surface area contributed by atoms with Gasteiger partial charge in [0.05, 0.1) is 34.3 Å². The maximum atomic E-state index is 9.93. The van der Waals surface area contributed by atoms with Crippen LogP contribution in [0.3, 0.4) is 0 Å². The van der Waals surface area contributed by atoms with E-state index in [1.165, 1.54) is 20.2 Å². The molecule has 0 aliphatic carbocycles. The molecule has 0 saturated carbocycles. The second-order valence-electron chi connectivity index (χ2n) is 8.78. The molecule has 36 heavy (non-hydrogen) atoms. The van der Waals surface area contributed by atoms with Crippen LogP contribution in [0.4, 0.5) is 0 Å². The zero-order chi connectivity index (χ0) is 24.2. The van der Waals surface area contributed by atoms with Crippen molar-refractivity contribution in [3.8, 4) is 29.0 Å². The van der Waals surface area contributed by atoms with Gasteiger partial charge in [-0.1, -0.05) is 60.7 Å². The van der Waals surface area contributed by atoms with Gasteiger partial charge >= 0.3 is 0 Å². The first-order valence-electron chi connectivity index (χ1n) is 11.7. The quantitative estimate of drug-likeness (QED) is 0.251. The number of nitriles is 2. The van der Waals surface area contributed by atoms with Crippen LogP contribution >= 0.6 is 11.3 Å². The number of nitrogens with zero attached hydrogens (tertiary/aromatic N) is 3. The van der Waals surface area contributed by atoms with E-state index < -0.39 is 0 Å². The number of para-hydroxylation sites is 2. The van der Waals surface area contributed by atoms with Crippen molar-refractivity contribution in [2.24, 2.45) is 0 Å². The molecule has 0 bridgehead atoms. The van der Waals surface area contributed by atoms with Crippen LogP contribution in [0.2, 0.25) is 0 Å². The van der Waals surface area contributed by atoms with Gasteiger partial charge in [0.25, 0.3) is 0 Å². The summed E-state index contributed by atoms with van der Waals surface area (Å²) in [6.45, 7) is 0. The lowest BCUT2D eigenvalue weighted by atomic mass is 9.93. The molecule has 2 aromatic heterocycles. The molecule has 0 radical (unpaired) electrons. The molecule has 0 aliphatic heterocycles. The monoisotopic (exact) mass is 475 g/mol. The SMILES string of the molecule is N#Cc1cccc(C#N)c1-c1cccc2c3ccccc3n(-c3ccc4sc5ccccc5c4c3)c12. The fourth-order valence-electron chi connectivity index (χ4n) is 5.37. The number of aromatic nitrogens is 1. The average molecular weight is 476 g/mol. The highest BCUT2D eigenvalue weighted by molar-refractivity contribution is 7.25. The molecule has 0 N–H and O–H groups in total. The molecule has 3 nitrogen and oxygen atoms in total. The number of hydrogen-bond acceptors (Lipinski definition) is 3. The fourth-order valence-corrected chi connectivity index (χ4v) is 6.46.